The molecule has 0 unspecified atom stereocenters. The van der Waals surface area contributed by atoms with Crippen LogP contribution in [0.15, 0.2) is 53.5 Å². The largest absolute Gasteiger partial charge is 0.389 e. The third kappa shape index (κ3) is 8.64. The van der Waals surface area contributed by atoms with Crippen LogP contribution in [0.4, 0.5) is 26.3 Å². The number of rotatable bonds is 10. The molecule has 2 aromatic rings. The molecule has 3 atom stereocenters. The standard InChI is InChI=1S/C29H31F6N3O3/c1-16(2)18-9-6-10-19-22(18)15-23(39)26(37-24(19)17-7-4-3-5-8-17)38-27(41)21(12-14-29(33,34)35)20(25(36)40)11-13-28(30,31)32/h3-10,16,20-21,26H,11-15H2,1-2H3,(H2,36,40)(H,38,41)/t20-,21+,26+/m0/s1. The van der Waals surface area contributed by atoms with Gasteiger partial charge in [-0.3, -0.25) is 19.4 Å². The molecule has 3 N–H and O–H groups in total. The lowest BCUT2D eigenvalue weighted by atomic mass is 9.83. The quantitative estimate of drug-likeness (QED) is 0.355. The maximum Gasteiger partial charge on any atom is 0.389 e. The number of carbonyl (C=O) groups is 3. The third-order valence-electron chi connectivity index (χ3n) is 7.00. The van der Waals surface area contributed by atoms with E-state index in [1.54, 1.807) is 42.5 Å². The Morgan fingerprint density at radius 2 is 1.51 bits per heavy atom. The van der Waals surface area contributed by atoms with Gasteiger partial charge in [-0.15, -0.1) is 0 Å². The Hall–Kier alpha value is -3.70. The van der Waals surface area contributed by atoms with E-state index in [9.17, 15) is 40.7 Å². The fraction of sp³-hybridized carbons (Fsp3) is 0.448. The minimum Gasteiger partial charge on any atom is -0.369 e. The van der Waals surface area contributed by atoms with E-state index in [-0.39, 0.29) is 12.3 Å². The lowest BCUT2D eigenvalue weighted by Crippen LogP contribution is -2.47. The van der Waals surface area contributed by atoms with E-state index in [4.69, 9.17) is 5.73 Å². The Bertz CT molecular complexity index is 1290. The van der Waals surface area contributed by atoms with Crippen molar-refractivity contribution in [2.45, 2.75) is 70.4 Å². The molecule has 1 aliphatic rings. The molecule has 0 bridgehead atoms. The first-order valence-electron chi connectivity index (χ1n) is 13.1. The van der Waals surface area contributed by atoms with Gasteiger partial charge >= 0.3 is 12.4 Å². The van der Waals surface area contributed by atoms with E-state index >= 15 is 0 Å². The average molecular weight is 584 g/mol. The highest BCUT2D eigenvalue weighted by Gasteiger charge is 2.40. The van der Waals surface area contributed by atoms with Crippen LogP contribution in [0.25, 0.3) is 0 Å². The van der Waals surface area contributed by atoms with Crippen LogP contribution in [0, 0.1) is 11.8 Å². The highest BCUT2D eigenvalue weighted by atomic mass is 19.4. The van der Waals surface area contributed by atoms with Crippen LogP contribution in [0.3, 0.4) is 0 Å². The molecule has 6 nitrogen and oxygen atoms in total. The summed E-state index contributed by atoms with van der Waals surface area (Å²) in [5.41, 5.74) is 8.42. The maximum absolute atomic E-state index is 13.4. The number of alkyl halides is 6. The smallest absolute Gasteiger partial charge is 0.369 e. The van der Waals surface area contributed by atoms with Crippen molar-refractivity contribution in [3.05, 3.63) is 70.8 Å². The van der Waals surface area contributed by atoms with Gasteiger partial charge in [0.05, 0.1) is 5.71 Å². The second-order valence-electron chi connectivity index (χ2n) is 10.3. The van der Waals surface area contributed by atoms with Crippen LogP contribution in [-0.4, -0.2) is 41.8 Å². The molecule has 0 saturated carbocycles. The number of benzene rings is 2. The molecule has 222 valence electrons. The molecular weight excluding hydrogens is 552 g/mol. The number of aliphatic imine (C=N–C) groups is 1. The molecule has 0 radical (unpaired) electrons. The number of primary amides is 1. The zero-order valence-electron chi connectivity index (χ0n) is 22.5. The number of ketones is 1. The normalized spacial score (nSPS) is 17.3. The summed E-state index contributed by atoms with van der Waals surface area (Å²) >= 11 is 0. The number of nitrogens with two attached hydrogens (primary N) is 1. The van der Waals surface area contributed by atoms with Crippen LogP contribution >= 0.6 is 0 Å². The third-order valence-corrected chi connectivity index (χ3v) is 7.00. The van der Waals surface area contributed by atoms with E-state index in [2.05, 4.69) is 10.3 Å². The van der Waals surface area contributed by atoms with Gasteiger partial charge in [-0.1, -0.05) is 62.4 Å². The van der Waals surface area contributed by atoms with Gasteiger partial charge in [0.15, 0.2) is 11.9 Å². The van der Waals surface area contributed by atoms with Gasteiger partial charge in [0, 0.05) is 42.2 Å². The summed E-state index contributed by atoms with van der Waals surface area (Å²) in [6.07, 6.45) is -16.2. The number of nitrogens with zero attached hydrogens (tertiary/aromatic N) is 1. The maximum atomic E-state index is 13.4. The van der Waals surface area contributed by atoms with Crippen molar-refractivity contribution in [2.24, 2.45) is 22.6 Å². The molecule has 1 aliphatic heterocycles. The fourth-order valence-electron chi connectivity index (χ4n) is 4.98. The van der Waals surface area contributed by atoms with Gasteiger partial charge in [0.1, 0.15) is 0 Å². The molecule has 0 aliphatic carbocycles. The summed E-state index contributed by atoms with van der Waals surface area (Å²) in [7, 11) is 0. The molecule has 0 spiro atoms. The van der Waals surface area contributed by atoms with E-state index in [1.807, 2.05) is 19.9 Å². The van der Waals surface area contributed by atoms with Crippen LogP contribution in [0.1, 0.15) is 67.7 Å². The molecule has 2 aromatic carbocycles. The molecule has 12 heteroatoms. The number of fused-ring (bicyclic) bond motifs is 1. The molecule has 41 heavy (non-hydrogen) atoms. The zero-order chi connectivity index (χ0) is 30.5. The second kappa shape index (κ2) is 12.9. The van der Waals surface area contributed by atoms with Gasteiger partial charge < -0.3 is 11.1 Å². The lowest BCUT2D eigenvalue weighted by molar-refractivity contribution is -0.152. The molecule has 0 fully saturated rings. The predicted octanol–water partition coefficient (Wildman–Crippen LogP) is 5.62. The summed E-state index contributed by atoms with van der Waals surface area (Å²) < 4.78 is 78.0. The molecule has 0 saturated heterocycles. The van der Waals surface area contributed by atoms with Crippen LogP contribution in [0.2, 0.25) is 0 Å². The molecular formula is C29H31F6N3O3. The molecule has 0 aromatic heterocycles. The van der Waals surface area contributed by atoms with Crippen molar-refractivity contribution < 1.29 is 40.7 Å². The molecule has 1 heterocycles. The van der Waals surface area contributed by atoms with E-state index in [0.717, 1.165) is 5.56 Å². The summed E-state index contributed by atoms with van der Waals surface area (Å²) in [5.74, 6) is -6.80. The number of amides is 2. The van der Waals surface area contributed by atoms with Crippen molar-refractivity contribution in [2.75, 3.05) is 0 Å². The first kappa shape index (κ1) is 31.8. The molecule has 3 rings (SSSR count). The zero-order valence-corrected chi connectivity index (χ0v) is 22.5. The predicted molar refractivity (Wildman–Crippen MR) is 140 cm³/mol. The van der Waals surface area contributed by atoms with Crippen molar-refractivity contribution in [3.8, 4) is 0 Å². The SMILES string of the molecule is CC(C)c1cccc2c1CC(=O)[C@@H](NC(=O)[C@H](CCC(F)(F)F)[C@H](CCC(F)(F)F)C(N)=O)N=C2c1ccccc1. The number of nitrogens with one attached hydrogen (secondary N) is 1. The minimum absolute atomic E-state index is 0.0256. The Labute approximate surface area is 233 Å². The highest BCUT2D eigenvalue weighted by Crippen LogP contribution is 2.33. The highest BCUT2D eigenvalue weighted by molar-refractivity contribution is 6.16. The first-order valence-corrected chi connectivity index (χ1v) is 13.1. The summed E-state index contributed by atoms with van der Waals surface area (Å²) in [4.78, 5) is 43.4. The Kier molecular flexibility index (Phi) is 9.98. The minimum atomic E-state index is -4.75. The second-order valence-corrected chi connectivity index (χ2v) is 10.3. The van der Waals surface area contributed by atoms with Crippen molar-refractivity contribution in [1.82, 2.24) is 5.32 Å². The number of carbonyl (C=O) groups excluding carboxylic acids is 3. The fourth-order valence-corrected chi connectivity index (χ4v) is 4.98. The van der Waals surface area contributed by atoms with E-state index < -0.39 is 73.6 Å². The van der Waals surface area contributed by atoms with E-state index in [0.29, 0.717) is 22.4 Å². The van der Waals surface area contributed by atoms with Gasteiger partial charge in [0.25, 0.3) is 0 Å². The van der Waals surface area contributed by atoms with Crippen LogP contribution < -0.4 is 11.1 Å². The van der Waals surface area contributed by atoms with Crippen LogP contribution in [0.5, 0.6) is 0 Å². The van der Waals surface area contributed by atoms with Crippen molar-refractivity contribution >= 4 is 23.3 Å². The monoisotopic (exact) mass is 583 g/mol. The summed E-state index contributed by atoms with van der Waals surface area (Å²) in [5, 5.41) is 2.33. The summed E-state index contributed by atoms with van der Waals surface area (Å²) in [6, 6.07) is 14.2. The topological polar surface area (TPSA) is 102 Å². The van der Waals surface area contributed by atoms with E-state index in [1.165, 1.54) is 0 Å². The van der Waals surface area contributed by atoms with Gasteiger partial charge in [-0.25, -0.2) is 0 Å². The van der Waals surface area contributed by atoms with Crippen molar-refractivity contribution in [1.29, 1.82) is 0 Å². The van der Waals surface area contributed by atoms with Gasteiger partial charge in [-0.2, -0.15) is 26.3 Å². The van der Waals surface area contributed by atoms with Gasteiger partial charge in [-0.05, 0) is 29.9 Å². The van der Waals surface area contributed by atoms with Gasteiger partial charge in [0.2, 0.25) is 11.8 Å². The summed E-state index contributed by atoms with van der Waals surface area (Å²) in [6.45, 7) is 3.89. The first-order chi connectivity index (χ1) is 19.1. The number of hydrogen-bond acceptors (Lipinski definition) is 4. The van der Waals surface area contributed by atoms with Crippen LogP contribution in [-0.2, 0) is 20.8 Å². The average Bonchev–Trinajstić information content (AvgIpc) is 3.00. The number of Topliss-reactive ketones (excluding diaryl/α,β-unsaturated/α-hetero) is 1. The Morgan fingerprint density at radius 3 is 2.05 bits per heavy atom. The number of hydrogen-bond donors (Lipinski definition) is 2. The Balaban J connectivity index is 2.03. The molecule has 2 amide bonds. The Morgan fingerprint density at radius 1 is 0.927 bits per heavy atom. The van der Waals surface area contributed by atoms with Crippen molar-refractivity contribution in [3.63, 3.8) is 0 Å². The number of halogens is 6. The lowest BCUT2D eigenvalue weighted by Gasteiger charge is -2.26.